The highest BCUT2D eigenvalue weighted by Gasteiger charge is 2.46. The molecule has 0 spiro atoms. The predicted molar refractivity (Wildman–Crippen MR) is 82.2 cm³/mol. The third kappa shape index (κ3) is 2.89. The van der Waals surface area contributed by atoms with Crippen molar-refractivity contribution >= 4 is 36.4 Å². The number of halogens is 1. The van der Waals surface area contributed by atoms with Gasteiger partial charge in [0.05, 0.1) is 12.0 Å². The van der Waals surface area contributed by atoms with Crippen LogP contribution in [-0.2, 0) is 4.79 Å². The van der Waals surface area contributed by atoms with E-state index in [2.05, 4.69) is 56.5 Å². The average molecular weight is 352 g/mol. The minimum Gasteiger partial charge on any atom is -0.299 e. The molecule has 1 nitrogen and oxygen atoms in total. The van der Waals surface area contributed by atoms with Gasteiger partial charge in [-0.3, -0.25) is 4.79 Å². The summed E-state index contributed by atoms with van der Waals surface area (Å²) in [5, 5.41) is 0.327. The minimum absolute atomic E-state index is 0.277. The molecule has 16 heavy (non-hydrogen) atoms. The van der Waals surface area contributed by atoms with Crippen LogP contribution in [0.3, 0.4) is 0 Å². The highest BCUT2D eigenvalue weighted by molar-refractivity contribution is 14.1. The van der Waals surface area contributed by atoms with Crippen molar-refractivity contribution in [2.24, 2.45) is 0 Å². The first-order valence-corrected chi connectivity index (χ1v) is 10.7. The fraction of sp³-hybridized carbons (Fsp3) is 0.923. The van der Waals surface area contributed by atoms with Crippen LogP contribution in [0.25, 0.3) is 0 Å². The van der Waals surface area contributed by atoms with Crippen LogP contribution in [-0.4, -0.2) is 17.8 Å². The average Bonchev–Trinajstić information content (AvgIpc) is 2.28. The number of carbonyl (C=O) groups excluding carboxylic acids is 1. The van der Waals surface area contributed by atoms with Gasteiger partial charge < -0.3 is 0 Å². The Kier molecular flexibility index (Phi) is 4.66. The zero-order valence-corrected chi connectivity index (χ0v) is 14.4. The Labute approximate surface area is 115 Å². The van der Waals surface area contributed by atoms with Crippen molar-refractivity contribution in [1.29, 1.82) is 0 Å². The maximum absolute atomic E-state index is 12.5. The maximum atomic E-state index is 12.5. The molecule has 0 heterocycles. The summed E-state index contributed by atoms with van der Waals surface area (Å²) in [4.78, 5) is 12.5. The Morgan fingerprint density at radius 2 is 1.69 bits per heavy atom. The topological polar surface area (TPSA) is 17.1 Å². The minimum atomic E-state index is -1.50. The molecule has 0 aromatic carbocycles. The third-order valence-corrected chi connectivity index (χ3v) is 12.1. The lowest BCUT2D eigenvalue weighted by Gasteiger charge is -2.42. The molecule has 0 radical (unpaired) electrons. The van der Waals surface area contributed by atoms with Crippen molar-refractivity contribution in [1.82, 2.24) is 0 Å². The van der Waals surface area contributed by atoms with Crippen molar-refractivity contribution < 1.29 is 4.79 Å². The highest BCUT2D eigenvalue weighted by Crippen LogP contribution is 2.47. The summed E-state index contributed by atoms with van der Waals surface area (Å²) in [6, 6.07) is 0. The molecule has 0 saturated heterocycles. The molecule has 0 unspecified atom stereocenters. The fourth-order valence-electron chi connectivity index (χ4n) is 2.41. The molecule has 1 saturated carbocycles. The summed E-state index contributed by atoms with van der Waals surface area (Å²) < 4.78 is 0.277. The summed E-state index contributed by atoms with van der Waals surface area (Å²) in [7, 11) is -1.50. The molecule has 1 aliphatic rings. The van der Waals surface area contributed by atoms with E-state index in [9.17, 15) is 4.79 Å². The summed E-state index contributed by atoms with van der Waals surface area (Å²) in [6.07, 6.45) is 4.74. The van der Waals surface area contributed by atoms with E-state index in [4.69, 9.17) is 0 Å². The molecule has 0 amide bonds. The van der Waals surface area contributed by atoms with Crippen molar-refractivity contribution in [3.63, 3.8) is 0 Å². The molecule has 1 rings (SSSR count). The van der Waals surface area contributed by atoms with Gasteiger partial charge in [0.2, 0.25) is 0 Å². The van der Waals surface area contributed by atoms with Crippen LogP contribution in [0, 0.1) is 0 Å². The Morgan fingerprint density at radius 1 is 1.19 bits per heavy atom. The molecule has 0 aromatic rings. The van der Waals surface area contributed by atoms with E-state index >= 15 is 0 Å². The maximum Gasteiger partial charge on any atom is 0.146 e. The second kappa shape index (κ2) is 5.08. The fourth-order valence-corrected chi connectivity index (χ4v) is 6.51. The Hall–Kier alpha value is 0.617. The lowest BCUT2D eigenvalue weighted by molar-refractivity contribution is -0.118. The van der Waals surface area contributed by atoms with Gasteiger partial charge in [-0.2, -0.15) is 0 Å². The molecular formula is C13H25IOSi. The van der Waals surface area contributed by atoms with E-state index in [1.54, 1.807) is 0 Å². The van der Waals surface area contributed by atoms with Crippen LogP contribution in [0.15, 0.2) is 0 Å². The van der Waals surface area contributed by atoms with Gasteiger partial charge in [0.1, 0.15) is 5.78 Å². The van der Waals surface area contributed by atoms with Crippen LogP contribution in [0.5, 0.6) is 0 Å². The van der Waals surface area contributed by atoms with Gasteiger partial charge in [0.15, 0.2) is 0 Å². The number of alkyl halides is 1. The Bertz CT molecular complexity index is 268. The van der Waals surface area contributed by atoms with Gasteiger partial charge >= 0.3 is 0 Å². The predicted octanol–water partition coefficient (Wildman–Crippen LogP) is 4.81. The van der Waals surface area contributed by atoms with Crippen LogP contribution in [0.2, 0.25) is 23.7 Å². The quantitative estimate of drug-likeness (QED) is 0.286. The molecule has 0 aromatic heterocycles. The van der Waals surface area contributed by atoms with Crippen molar-refractivity contribution in [3.8, 4) is 0 Å². The molecule has 94 valence electrons. The monoisotopic (exact) mass is 352 g/mol. The van der Waals surface area contributed by atoms with Gasteiger partial charge in [0, 0.05) is 5.54 Å². The first kappa shape index (κ1) is 14.7. The van der Waals surface area contributed by atoms with E-state index in [1.807, 2.05) is 0 Å². The van der Waals surface area contributed by atoms with E-state index in [-0.39, 0.29) is 3.92 Å². The number of hydrogen-bond acceptors (Lipinski definition) is 1. The molecule has 1 fully saturated rings. The smallest absolute Gasteiger partial charge is 0.146 e. The molecule has 0 aliphatic heterocycles. The zero-order valence-electron chi connectivity index (χ0n) is 11.3. The van der Waals surface area contributed by atoms with Crippen LogP contribution in [0.4, 0.5) is 0 Å². The van der Waals surface area contributed by atoms with Crippen LogP contribution < -0.4 is 0 Å². The summed E-state index contributed by atoms with van der Waals surface area (Å²) >= 11 is 2.36. The Balaban J connectivity index is 2.96. The summed E-state index contributed by atoms with van der Waals surface area (Å²) in [5.41, 5.74) is 0.386. The van der Waals surface area contributed by atoms with Gasteiger partial charge in [-0.1, -0.05) is 69.3 Å². The highest BCUT2D eigenvalue weighted by atomic mass is 127. The zero-order chi connectivity index (χ0) is 12.6. The standard InChI is InChI=1S/C13H25IOSi/c1-13(2,3)16(4,5)11-9-7-6-8-10(14)12(11)15/h10-11H,6-9H2,1-5H3/t10-,11-/m0/s1. The van der Waals surface area contributed by atoms with Gasteiger partial charge in [-0.25, -0.2) is 0 Å². The molecule has 2 atom stereocenters. The van der Waals surface area contributed by atoms with Gasteiger partial charge in [-0.15, -0.1) is 0 Å². The van der Waals surface area contributed by atoms with Gasteiger partial charge in [-0.05, 0) is 17.9 Å². The second-order valence-electron chi connectivity index (χ2n) is 6.68. The van der Waals surface area contributed by atoms with Crippen molar-refractivity contribution in [3.05, 3.63) is 0 Å². The van der Waals surface area contributed by atoms with Crippen LogP contribution >= 0.6 is 22.6 Å². The number of hydrogen-bond donors (Lipinski definition) is 0. The van der Waals surface area contributed by atoms with E-state index in [0.717, 1.165) is 12.8 Å². The van der Waals surface area contributed by atoms with Crippen molar-refractivity contribution in [2.75, 3.05) is 0 Å². The normalized spacial score (nSPS) is 29.0. The van der Waals surface area contributed by atoms with E-state index < -0.39 is 8.07 Å². The lowest BCUT2D eigenvalue weighted by atomic mass is 10.2. The van der Waals surface area contributed by atoms with Crippen molar-refractivity contribution in [2.45, 2.75) is 74.1 Å². The third-order valence-electron chi connectivity index (χ3n) is 4.66. The summed E-state index contributed by atoms with van der Waals surface area (Å²) in [5.74, 6) is 0.560. The lowest BCUT2D eigenvalue weighted by Crippen LogP contribution is -2.46. The Morgan fingerprint density at radius 3 is 2.19 bits per heavy atom. The summed E-state index contributed by atoms with van der Waals surface area (Å²) in [6.45, 7) is 11.8. The molecule has 0 bridgehead atoms. The number of ketones is 1. The second-order valence-corrected chi connectivity index (χ2v) is 13.8. The first-order valence-electron chi connectivity index (χ1n) is 6.35. The molecule has 3 heteroatoms. The molecular weight excluding hydrogens is 327 g/mol. The number of Topliss-reactive ketones (excluding diaryl/α,β-unsaturated/α-hetero) is 1. The van der Waals surface area contributed by atoms with Crippen LogP contribution in [0.1, 0.15) is 46.5 Å². The van der Waals surface area contributed by atoms with E-state index in [0.29, 0.717) is 16.4 Å². The molecule has 1 aliphatic carbocycles. The largest absolute Gasteiger partial charge is 0.299 e. The molecule has 0 N–H and O–H groups in total. The SMILES string of the molecule is CC(C)(C)[Si](C)(C)[C@H]1CCCC[C@H](I)C1=O. The van der Waals surface area contributed by atoms with Gasteiger partial charge in [0.25, 0.3) is 0 Å². The first-order chi connectivity index (χ1) is 7.18. The number of carbonyl (C=O) groups is 1. The number of rotatable bonds is 1. The van der Waals surface area contributed by atoms with E-state index in [1.165, 1.54) is 12.8 Å².